The van der Waals surface area contributed by atoms with Crippen LogP contribution in [0.2, 0.25) is 0 Å². The number of halogens is 2. The van der Waals surface area contributed by atoms with Crippen LogP contribution in [0.1, 0.15) is 12.8 Å². The maximum absolute atomic E-state index is 10.1. The summed E-state index contributed by atoms with van der Waals surface area (Å²) in [4.78, 5) is 20.1. The summed E-state index contributed by atoms with van der Waals surface area (Å²) in [5.41, 5.74) is 0. The Hall–Kier alpha value is 0.239. The van der Waals surface area contributed by atoms with Crippen molar-refractivity contribution in [1.29, 1.82) is 0 Å². The molecule has 1 saturated heterocycles. The Balaban J connectivity index is 0.000000236. The first-order valence-corrected chi connectivity index (χ1v) is 4.88. The van der Waals surface area contributed by atoms with Gasteiger partial charge in [-0.3, -0.25) is 0 Å². The van der Waals surface area contributed by atoms with Gasteiger partial charge in [-0.2, -0.15) is 0 Å². The average molecular weight is 233 g/mol. The van der Waals surface area contributed by atoms with Crippen LogP contribution in [0.25, 0.3) is 5.32 Å². The summed E-state index contributed by atoms with van der Waals surface area (Å²) in [5.74, 6) is -0.546. The summed E-state index contributed by atoms with van der Waals surface area (Å²) in [7, 11) is 9.34. The third-order valence-corrected chi connectivity index (χ3v) is 0.802. The van der Waals surface area contributed by atoms with Gasteiger partial charge in [0, 0.05) is 0 Å². The zero-order valence-electron chi connectivity index (χ0n) is 4.74. The SMILES string of the molecule is O=C1CCC(=O)[N-]1.[Cl][Cu][Cl]. The molecule has 0 aromatic carbocycles. The van der Waals surface area contributed by atoms with E-state index in [1.165, 1.54) is 0 Å². The molecule has 6 heteroatoms. The summed E-state index contributed by atoms with van der Waals surface area (Å²) in [6.45, 7) is 0. The Labute approximate surface area is 73.0 Å². The van der Waals surface area contributed by atoms with E-state index in [9.17, 15) is 9.59 Å². The molecule has 3 nitrogen and oxygen atoms in total. The van der Waals surface area contributed by atoms with Gasteiger partial charge in [0.15, 0.2) is 0 Å². The van der Waals surface area contributed by atoms with E-state index in [0.29, 0.717) is 12.8 Å². The van der Waals surface area contributed by atoms with E-state index in [0.717, 1.165) is 13.1 Å². The maximum atomic E-state index is 10.1. The molecule has 0 aromatic rings. The van der Waals surface area contributed by atoms with E-state index in [1.807, 2.05) is 0 Å². The second-order valence-corrected chi connectivity index (χ2v) is 3.00. The summed E-state index contributed by atoms with van der Waals surface area (Å²) >= 11 is 0.757. The minimum absolute atomic E-state index is 0.273. The average Bonchev–Trinajstić information content (AvgIpc) is 2.17. The van der Waals surface area contributed by atoms with E-state index in [1.54, 1.807) is 0 Å². The molecule has 0 N–H and O–H groups in total. The Morgan fingerprint density at radius 1 is 1.20 bits per heavy atom. The number of carbonyl (C=O) groups excluding carboxylic acids is 2. The fourth-order valence-electron chi connectivity index (χ4n) is 0.465. The molecule has 2 amide bonds. The van der Waals surface area contributed by atoms with Crippen molar-refractivity contribution in [1.82, 2.24) is 0 Å². The molecule has 0 saturated carbocycles. The molecule has 0 radical (unpaired) electrons. The molecule has 1 aliphatic heterocycles. The first kappa shape index (κ1) is 10.2. The number of amides is 2. The van der Waals surface area contributed by atoms with E-state index in [4.69, 9.17) is 0 Å². The van der Waals surface area contributed by atoms with Crippen molar-refractivity contribution in [2.24, 2.45) is 0 Å². The van der Waals surface area contributed by atoms with Gasteiger partial charge in [0.2, 0.25) is 0 Å². The Morgan fingerprint density at radius 3 is 1.60 bits per heavy atom. The van der Waals surface area contributed by atoms with Crippen molar-refractivity contribution in [3.63, 3.8) is 0 Å². The zero-order chi connectivity index (χ0) is 7.98. The molecule has 0 bridgehead atoms. The van der Waals surface area contributed by atoms with Crippen LogP contribution in [0.15, 0.2) is 0 Å². The fraction of sp³-hybridized carbons (Fsp3) is 0.500. The van der Waals surface area contributed by atoms with E-state index < -0.39 is 0 Å². The van der Waals surface area contributed by atoms with Crippen LogP contribution in [-0.4, -0.2) is 11.8 Å². The second-order valence-electron chi connectivity index (χ2n) is 1.44. The van der Waals surface area contributed by atoms with E-state index >= 15 is 0 Å². The number of hydrogen-bond acceptors (Lipinski definition) is 2. The van der Waals surface area contributed by atoms with Gasteiger partial charge >= 0.3 is 33.3 Å². The Bertz CT molecular complexity index is 127. The van der Waals surface area contributed by atoms with Crippen LogP contribution in [-0.2, 0) is 22.7 Å². The predicted octanol–water partition coefficient (Wildman–Crippen LogP) is 1.58. The zero-order valence-corrected chi connectivity index (χ0v) is 7.19. The third kappa shape index (κ3) is 5.06. The van der Waals surface area contributed by atoms with Crippen molar-refractivity contribution in [2.75, 3.05) is 0 Å². The van der Waals surface area contributed by atoms with Crippen molar-refractivity contribution in [3.05, 3.63) is 5.32 Å². The molecular formula is C4H4Cl2CuNO2-. The predicted molar refractivity (Wildman–Crippen MR) is 34.3 cm³/mol. The standard InChI is InChI=1S/C4H5NO2.2ClH.Cu/c6-3-1-2-4(7)5-3;;;/h1-2H2,(H,5,6,7);2*1H;/q;;;+2/p-3. The molecule has 0 spiro atoms. The van der Waals surface area contributed by atoms with Gasteiger partial charge < -0.3 is 14.9 Å². The molecule has 0 unspecified atom stereocenters. The van der Waals surface area contributed by atoms with Gasteiger partial charge in [0.05, 0.1) is 11.8 Å². The topological polar surface area (TPSA) is 48.2 Å². The van der Waals surface area contributed by atoms with Gasteiger partial charge in [-0.1, -0.05) is 0 Å². The molecule has 1 aliphatic rings. The summed E-state index contributed by atoms with van der Waals surface area (Å²) in [5, 5.41) is 3.11. The molecule has 0 atom stereocenters. The first-order chi connectivity index (χ1) is 4.70. The number of imide groups is 1. The summed E-state index contributed by atoms with van der Waals surface area (Å²) in [6.07, 6.45) is 0.637. The van der Waals surface area contributed by atoms with Crippen molar-refractivity contribution < 1.29 is 22.7 Å². The van der Waals surface area contributed by atoms with Gasteiger partial charge in [-0.05, 0) is 12.8 Å². The van der Waals surface area contributed by atoms with Gasteiger partial charge in [-0.15, -0.1) is 0 Å². The molecule has 10 heavy (non-hydrogen) atoms. The monoisotopic (exact) mass is 231 g/mol. The van der Waals surface area contributed by atoms with Crippen molar-refractivity contribution >= 4 is 32.0 Å². The first-order valence-electron chi connectivity index (χ1n) is 2.29. The Morgan fingerprint density at radius 2 is 1.50 bits per heavy atom. The third-order valence-electron chi connectivity index (χ3n) is 0.802. The quantitative estimate of drug-likeness (QED) is 0.470. The summed E-state index contributed by atoms with van der Waals surface area (Å²) in [6, 6.07) is 0. The second kappa shape index (κ2) is 5.98. The van der Waals surface area contributed by atoms with Crippen LogP contribution >= 0.6 is 20.2 Å². The fourth-order valence-corrected chi connectivity index (χ4v) is 0.465. The number of nitrogens with zero attached hydrogens (tertiary/aromatic N) is 1. The summed E-state index contributed by atoms with van der Waals surface area (Å²) < 4.78 is 0. The van der Waals surface area contributed by atoms with Crippen molar-refractivity contribution in [3.8, 4) is 0 Å². The van der Waals surface area contributed by atoms with Crippen LogP contribution in [0.3, 0.4) is 0 Å². The molecular weight excluding hydrogens is 229 g/mol. The van der Waals surface area contributed by atoms with Crippen molar-refractivity contribution in [2.45, 2.75) is 12.8 Å². The number of carbonyl (C=O) groups is 2. The number of rotatable bonds is 0. The molecule has 0 aliphatic carbocycles. The molecule has 1 fully saturated rings. The van der Waals surface area contributed by atoms with E-state index in [-0.39, 0.29) is 11.8 Å². The number of hydrogen-bond donors (Lipinski definition) is 0. The van der Waals surface area contributed by atoms with E-state index in [2.05, 4.69) is 25.5 Å². The van der Waals surface area contributed by atoms with Gasteiger partial charge in [-0.25, -0.2) is 0 Å². The minimum atomic E-state index is -0.273. The van der Waals surface area contributed by atoms with Crippen LogP contribution in [0.4, 0.5) is 0 Å². The van der Waals surface area contributed by atoms with Crippen LogP contribution in [0.5, 0.6) is 0 Å². The molecule has 0 aromatic heterocycles. The van der Waals surface area contributed by atoms with Crippen LogP contribution in [0, 0.1) is 0 Å². The normalized spacial score (nSPS) is 16.2. The Kier molecular flexibility index (Phi) is 6.13. The molecule has 63 valence electrons. The molecule has 1 rings (SSSR count). The molecule has 1 heterocycles. The van der Waals surface area contributed by atoms with Crippen LogP contribution < -0.4 is 0 Å². The van der Waals surface area contributed by atoms with Gasteiger partial charge in [0.25, 0.3) is 0 Å². The van der Waals surface area contributed by atoms with Gasteiger partial charge in [0.1, 0.15) is 0 Å².